The Morgan fingerprint density at radius 3 is 2.82 bits per heavy atom. The van der Waals surface area contributed by atoms with E-state index in [4.69, 9.17) is 10.1 Å². The van der Waals surface area contributed by atoms with Crippen molar-refractivity contribution in [2.45, 2.75) is 31.3 Å². The van der Waals surface area contributed by atoms with Gasteiger partial charge >= 0.3 is 0 Å². The summed E-state index contributed by atoms with van der Waals surface area (Å²) in [4.78, 5) is 27.4. The summed E-state index contributed by atoms with van der Waals surface area (Å²) in [5.41, 5.74) is 3.22. The van der Waals surface area contributed by atoms with Crippen LogP contribution in [0.1, 0.15) is 30.9 Å². The van der Waals surface area contributed by atoms with Crippen LogP contribution in [0.3, 0.4) is 0 Å². The Labute approximate surface area is 220 Å². The molecule has 0 bridgehead atoms. The number of halogens is 1. The van der Waals surface area contributed by atoms with Gasteiger partial charge in [0.15, 0.2) is 5.65 Å². The van der Waals surface area contributed by atoms with Crippen LogP contribution in [0.5, 0.6) is 0 Å². The van der Waals surface area contributed by atoms with Crippen LogP contribution in [0.15, 0.2) is 60.8 Å². The Hall–Kier alpha value is -4.05. The molecule has 2 aliphatic heterocycles. The maximum atomic E-state index is 13.9. The van der Waals surface area contributed by atoms with Gasteiger partial charge in [-0.05, 0) is 61.2 Å². The van der Waals surface area contributed by atoms with E-state index in [1.54, 1.807) is 30.3 Å². The fourth-order valence-corrected chi connectivity index (χ4v) is 5.62. The predicted molar refractivity (Wildman–Crippen MR) is 142 cm³/mol. The average molecular weight is 516 g/mol. The second-order valence-electron chi connectivity index (χ2n) is 9.94. The van der Waals surface area contributed by atoms with Gasteiger partial charge in [-0.15, -0.1) is 5.10 Å². The van der Waals surface area contributed by atoms with Gasteiger partial charge in [-0.3, -0.25) is 4.79 Å². The van der Waals surface area contributed by atoms with Crippen LogP contribution in [0.25, 0.3) is 17.0 Å². The van der Waals surface area contributed by atoms with Crippen molar-refractivity contribution >= 4 is 23.2 Å². The van der Waals surface area contributed by atoms with Crippen LogP contribution in [-0.2, 0) is 4.79 Å². The zero-order chi connectivity index (χ0) is 26.2. The molecule has 2 aliphatic rings. The average Bonchev–Trinajstić information content (AvgIpc) is 3.71. The highest BCUT2D eigenvalue weighted by molar-refractivity contribution is 5.77. The summed E-state index contributed by atoms with van der Waals surface area (Å²) in [7, 11) is 1.73. The number of anilines is 2. The summed E-state index contributed by atoms with van der Waals surface area (Å²) in [5, 5.41) is 14.1. The zero-order valence-corrected chi connectivity index (χ0v) is 21.2. The Kier molecular flexibility index (Phi) is 6.40. The van der Waals surface area contributed by atoms with Crippen LogP contribution in [0.4, 0.5) is 16.0 Å². The van der Waals surface area contributed by atoms with Gasteiger partial charge in [-0.25, -0.2) is 18.9 Å². The van der Waals surface area contributed by atoms with E-state index in [9.17, 15) is 14.3 Å². The lowest BCUT2D eigenvalue weighted by molar-refractivity contribution is -0.134. The number of fused-ring (bicyclic) bond motifs is 1. The van der Waals surface area contributed by atoms with E-state index >= 15 is 0 Å². The van der Waals surface area contributed by atoms with E-state index in [-0.39, 0.29) is 23.8 Å². The maximum Gasteiger partial charge on any atom is 0.248 e. The SMILES string of the molecule is CN(C(=O)CO)[C@@H]1CCN(c2cccc(-c3cnc4ccc(N5CCCC5c5cccc(F)c5)nn34)n2)C1. The van der Waals surface area contributed by atoms with Crippen molar-refractivity contribution in [3.63, 3.8) is 0 Å². The number of carbonyl (C=O) groups is 1. The monoisotopic (exact) mass is 515 g/mol. The number of rotatable bonds is 6. The van der Waals surface area contributed by atoms with Crippen molar-refractivity contribution in [2.24, 2.45) is 0 Å². The summed E-state index contributed by atoms with van der Waals surface area (Å²) < 4.78 is 15.8. The summed E-state index contributed by atoms with van der Waals surface area (Å²) in [6.45, 7) is 1.80. The second kappa shape index (κ2) is 10.0. The molecule has 0 aliphatic carbocycles. The summed E-state index contributed by atoms with van der Waals surface area (Å²) in [6.07, 6.45) is 4.56. The third kappa shape index (κ3) is 4.45. The van der Waals surface area contributed by atoms with Crippen molar-refractivity contribution in [1.29, 1.82) is 0 Å². The number of benzene rings is 1. The molecule has 0 radical (unpaired) electrons. The molecule has 2 atom stereocenters. The largest absolute Gasteiger partial charge is 0.387 e. The number of imidazole rings is 1. The number of amides is 1. The molecular formula is C28H30FN7O2. The van der Waals surface area contributed by atoms with Crippen LogP contribution in [0.2, 0.25) is 0 Å². The van der Waals surface area contributed by atoms with E-state index in [1.807, 2.05) is 40.9 Å². The summed E-state index contributed by atoms with van der Waals surface area (Å²) in [5.74, 6) is 1.14. The lowest BCUT2D eigenvalue weighted by Crippen LogP contribution is -2.40. The Balaban J connectivity index is 1.28. The number of aromatic nitrogens is 4. The zero-order valence-electron chi connectivity index (χ0n) is 21.2. The van der Waals surface area contributed by atoms with Crippen LogP contribution >= 0.6 is 0 Å². The molecule has 4 aromatic rings. The molecule has 2 fully saturated rings. The molecule has 1 aromatic carbocycles. The highest BCUT2D eigenvalue weighted by atomic mass is 19.1. The van der Waals surface area contributed by atoms with Crippen molar-refractivity contribution in [3.05, 3.63) is 72.2 Å². The highest BCUT2D eigenvalue weighted by Gasteiger charge is 2.30. The second-order valence-corrected chi connectivity index (χ2v) is 9.94. The number of hydrogen-bond donors (Lipinski definition) is 1. The lowest BCUT2D eigenvalue weighted by Gasteiger charge is -2.26. The first-order valence-corrected chi connectivity index (χ1v) is 13.0. The maximum absolute atomic E-state index is 13.9. The molecule has 6 rings (SSSR count). The molecule has 1 unspecified atom stereocenters. The van der Waals surface area contributed by atoms with E-state index in [2.05, 4.69) is 14.8 Å². The van der Waals surface area contributed by atoms with Crippen LogP contribution < -0.4 is 9.80 Å². The minimum absolute atomic E-state index is 0.0339. The van der Waals surface area contributed by atoms with E-state index < -0.39 is 6.61 Å². The van der Waals surface area contributed by atoms with Gasteiger partial charge in [0.1, 0.15) is 29.8 Å². The molecule has 1 amide bonds. The minimum Gasteiger partial charge on any atom is -0.387 e. The third-order valence-corrected chi connectivity index (χ3v) is 7.69. The Morgan fingerprint density at radius 1 is 1.11 bits per heavy atom. The summed E-state index contributed by atoms with van der Waals surface area (Å²) in [6, 6.07) is 16.7. The topological polar surface area (TPSA) is 90.1 Å². The fourth-order valence-electron chi connectivity index (χ4n) is 5.62. The molecule has 9 nitrogen and oxygen atoms in total. The van der Waals surface area contributed by atoms with Crippen LogP contribution in [0, 0.1) is 5.82 Å². The van der Waals surface area contributed by atoms with Gasteiger partial charge in [0, 0.05) is 26.7 Å². The van der Waals surface area contributed by atoms with Crippen molar-refractivity contribution in [2.75, 3.05) is 43.1 Å². The third-order valence-electron chi connectivity index (χ3n) is 7.69. The number of nitrogens with zero attached hydrogens (tertiary/aromatic N) is 7. The van der Waals surface area contributed by atoms with Crippen molar-refractivity contribution in [3.8, 4) is 11.4 Å². The quantitative estimate of drug-likeness (QED) is 0.421. The molecule has 38 heavy (non-hydrogen) atoms. The molecule has 3 aromatic heterocycles. The molecule has 0 spiro atoms. The first-order valence-electron chi connectivity index (χ1n) is 13.0. The number of likely N-dealkylation sites (N-methyl/N-ethyl adjacent to an activating group) is 1. The normalized spacial score (nSPS) is 19.4. The highest BCUT2D eigenvalue weighted by Crippen LogP contribution is 2.36. The van der Waals surface area contributed by atoms with Crippen molar-refractivity contribution in [1.82, 2.24) is 24.5 Å². The van der Waals surface area contributed by atoms with E-state index in [0.29, 0.717) is 6.54 Å². The number of carbonyl (C=O) groups excluding carboxylic acids is 1. The minimum atomic E-state index is -0.482. The number of aliphatic hydroxyl groups is 1. The van der Waals surface area contributed by atoms with Gasteiger partial charge in [0.05, 0.1) is 24.0 Å². The lowest BCUT2D eigenvalue weighted by atomic mass is 10.0. The first kappa shape index (κ1) is 24.3. The van der Waals surface area contributed by atoms with Crippen LogP contribution in [-0.4, -0.2) is 74.8 Å². The van der Waals surface area contributed by atoms with Gasteiger partial charge < -0.3 is 19.8 Å². The number of aliphatic hydroxyl groups excluding tert-OH is 1. The fraction of sp³-hybridized carbons (Fsp3) is 0.357. The molecule has 5 heterocycles. The van der Waals surface area contributed by atoms with E-state index in [0.717, 1.165) is 66.6 Å². The molecule has 0 saturated carbocycles. The molecule has 1 N–H and O–H groups in total. The van der Waals surface area contributed by atoms with E-state index in [1.165, 1.54) is 6.07 Å². The predicted octanol–water partition coefficient (Wildman–Crippen LogP) is 3.30. The van der Waals surface area contributed by atoms with Gasteiger partial charge in [0.25, 0.3) is 0 Å². The standard InChI is InChI=1S/C28H30FN7O2/c1-33(28(38)18-37)21-12-14-34(17-21)26-9-3-7-22(31-26)24-16-30-25-10-11-27(32-36(24)25)35-13-4-8-23(35)19-5-2-6-20(29)15-19/h2-3,5-7,9-11,15-16,21,23,37H,4,8,12-14,17-18H2,1H3/t21-,23?/m1/s1. The van der Waals surface area contributed by atoms with Crippen molar-refractivity contribution < 1.29 is 14.3 Å². The first-order chi connectivity index (χ1) is 18.5. The van der Waals surface area contributed by atoms with Gasteiger partial charge in [-0.2, -0.15) is 0 Å². The molecule has 2 saturated heterocycles. The smallest absolute Gasteiger partial charge is 0.248 e. The number of hydrogen-bond acceptors (Lipinski definition) is 7. The molecule has 196 valence electrons. The number of pyridine rings is 1. The van der Waals surface area contributed by atoms with Gasteiger partial charge in [0.2, 0.25) is 5.91 Å². The van der Waals surface area contributed by atoms with Gasteiger partial charge in [-0.1, -0.05) is 18.2 Å². The molecule has 10 heteroatoms. The summed E-state index contributed by atoms with van der Waals surface area (Å²) >= 11 is 0. The Bertz CT molecular complexity index is 1470. The Morgan fingerprint density at radius 2 is 1.97 bits per heavy atom. The molecular weight excluding hydrogens is 485 g/mol.